The Morgan fingerprint density at radius 1 is 1.45 bits per heavy atom. The van der Waals surface area contributed by atoms with Crippen molar-refractivity contribution in [2.24, 2.45) is 11.8 Å². The molecule has 22 heavy (non-hydrogen) atoms. The van der Waals surface area contributed by atoms with Gasteiger partial charge in [-0.25, -0.2) is 0 Å². The van der Waals surface area contributed by atoms with Crippen LogP contribution in [-0.4, -0.2) is 17.5 Å². The van der Waals surface area contributed by atoms with Crippen molar-refractivity contribution in [2.75, 3.05) is 6.61 Å². The molecule has 2 rings (SSSR count). The summed E-state index contributed by atoms with van der Waals surface area (Å²) in [5, 5.41) is 4.09. The molecule has 1 aromatic rings. The molecule has 122 valence electrons. The van der Waals surface area contributed by atoms with Crippen LogP contribution in [-0.2, 0) is 22.4 Å². The maximum atomic E-state index is 12.3. The molecule has 1 atom stereocenters. The predicted molar refractivity (Wildman–Crippen MR) is 85.4 cm³/mol. The molecule has 0 spiro atoms. The Morgan fingerprint density at radius 2 is 2.23 bits per heavy atom. The fourth-order valence-electron chi connectivity index (χ4n) is 2.68. The summed E-state index contributed by atoms with van der Waals surface area (Å²) >= 11 is 0. The molecule has 1 aromatic heterocycles. The number of hydrogen-bond donors (Lipinski definition) is 0. The van der Waals surface area contributed by atoms with Gasteiger partial charge in [0, 0.05) is 30.4 Å². The van der Waals surface area contributed by atoms with E-state index in [4.69, 9.17) is 9.26 Å². The fraction of sp³-hybridized carbons (Fsp3) is 0.667. The van der Waals surface area contributed by atoms with E-state index in [2.05, 4.69) is 25.9 Å². The standard InChI is InChI=1S/C18H27NO3/c1-5-6-7-15-10-16(22-19-15)8-14-9-17(13(4)18(14)20)21-11-12(2)3/h10,12,14H,5-9,11H2,1-4H3/t14-/m0/s1. The summed E-state index contributed by atoms with van der Waals surface area (Å²) in [6, 6.07) is 1.99. The molecule has 0 bridgehead atoms. The molecular formula is C18H27NO3. The first-order valence-corrected chi connectivity index (χ1v) is 8.32. The quantitative estimate of drug-likeness (QED) is 0.725. The minimum absolute atomic E-state index is 0.0610. The lowest BCUT2D eigenvalue weighted by Crippen LogP contribution is -2.11. The summed E-state index contributed by atoms with van der Waals surface area (Å²) in [4.78, 5) is 12.3. The highest BCUT2D eigenvalue weighted by molar-refractivity contribution is 5.99. The molecule has 0 aliphatic heterocycles. The SMILES string of the molecule is CCCCc1cc(C[C@H]2CC(OCC(C)C)=C(C)C2=O)on1. The molecule has 0 amide bonds. The van der Waals surface area contributed by atoms with Crippen molar-refractivity contribution in [3.63, 3.8) is 0 Å². The van der Waals surface area contributed by atoms with Crippen LogP contribution in [0.2, 0.25) is 0 Å². The van der Waals surface area contributed by atoms with Crippen molar-refractivity contribution in [3.8, 4) is 0 Å². The van der Waals surface area contributed by atoms with Crippen LogP contribution in [0.15, 0.2) is 21.9 Å². The molecule has 0 saturated heterocycles. The minimum Gasteiger partial charge on any atom is -0.497 e. The smallest absolute Gasteiger partial charge is 0.165 e. The van der Waals surface area contributed by atoms with Gasteiger partial charge in [-0.05, 0) is 25.7 Å². The van der Waals surface area contributed by atoms with Gasteiger partial charge in [-0.15, -0.1) is 0 Å². The van der Waals surface area contributed by atoms with Crippen molar-refractivity contribution in [3.05, 3.63) is 28.9 Å². The van der Waals surface area contributed by atoms with Crippen molar-refractivity contribution in [2.45, 2.75) is 59.8 Å². The number of allylic oxidation sites excluding steroid dienone is 2. The summed E-state index contributed by atoms with van der Waals surface area (Å²) < 4.78 is 11.2. The first kappa shape index (κ1) is 16.8. The van der Waals surface area contributed by atoms with Gasteiger partial charge < -0.3 is 9.26 Å². The van der Waals surface area contributed by atoms with E-state index in [1.165, 1.54) is 0 Å². The van der Waals surface area contributed by atoms with E-state index >= 15 is 0 Å². The van der Waals surface area contributed by atoms with E-state index in [1.807, 2.05) is 13.0 Å². The highest BCUT2D eigenvalue weighted by Crippen LogP contribution is 2.31. The van der Waals surface area contributed by atoms with E-state index in [0.717, 1.165) is 42.0 Å². The van der Waals surface area contributed by atoms with Crippen LogP contribution in [0.4, 0.5) is 0 Å². The van der Waals surface area contributed by atoms with Gasteiger partial charge in [0.25, 0.3) is 0 Å². The van der Waals surface area contributed by atoms with Crippen molar-refractivity contribution in [1.82, 2.24) is 5.16 Å². The maximum absolute atomic E-state index is 12.3. The first-order valence-electron chi connectivity index (χ1n) is 8.32. The molecular weight excluding hydrogens is 278 g/mol. The second kappa shape index (κ2) is 7.61. The molecule has 1 heterocycles. The molecule has 1 aliphatic rings. The van der Waals surface area contributed by atoms with Crippen LogP contribution < -0.4 is 0 Å². The van der Waals surface area contributed by atoms with Gasteiger partial charge in [-0.3, -0.25) is 4.79 Å². The van der Waals surface area contributed by atoms with Gasteiger partial charge in [0.05, 0.1) is 12.3 Å². The van der Waals surface area contributed by atoms with Gasteiger partial charge in [0.1, 0.15) is 11.5 Å². The number of ketones is 1. The van der Waals surface area contributed by atoms with E-state index in [-0.39, 0.29) is 11.7 Å². The monoisotopic (exact) mass is 305 g/mol. The number of unbranched alkanes of at least 4 members (excludes halogenated alkanes) is 1. The number of hydrogen-bond acceptors (Lipinski definition) is 4. The zero-order chi connectivity index (χ0) is 16.1. The van der Waals surface area contributed by atoms with E-state index < -0.39 is 0 Å². The lowest BCUT2D eigenvalue weighted by atomic mass is 9.98. The molecule has 0 unspecified atom stereocenters. The number of nitrogens with zero attached hydrogens (tertiary/aromatic N) is 1. The third-order valence-corrected chi connectivity index (χ3v) is 4.02. The van der Waals surface area contributed by atoms with Gasteiger partial charge in [0.15, 0.2) is 5.78 Å². The topological polar surface area (TPSA) is 52.3 Å². The van der Waals surface area contributed by atoms with Crippen LogP contribution in [0.25, 0.3) is 0 Å². The second-order valence-corrected chi connectivity index (χ2v) is 6.61. The summed E-state index contributed by atoms with van der Waals surface area (Å²) in [6.07, 6.45) is 4.50. The van der Waals surface area contributed by atoms with Gasteiger partial charge in [-0.2, -0.15) is 0 Å². The average molecular weight is 305 g/mol. The van der Waals surface area contributed by atoms with Crippen molar-refractivity contribution in [1.29, 1.82) is 0 Å². The largest absolute Gasteiger partial charge is 0.497 e. The Morgan fingerprint density at radius 3 is 2.91 bits per heavy atom. The number of ether oxygens (including phenoxy) is 1. The summed E-state index contributed by atoms with van der Waals surface area (Å²) in [7, 11) is 0. The van der Waals surface area contributed by atoms with Crippen LogP contribution in [0.5, 0.6) is 0 Å². The van der Waals surface area contributed by atoms with Crippen LogP contribution in [0.1, 0.15) is 58.4 Å². The molecule has 0 aromatic carbocycles. The summed E-state index contributed by atoms with van der Waals surface area (Å²) in [5.74, 6) is 2.25. The Bertz CT molecular complexity index is 542. The molecule has 0 N–H and O–H groups in total. The molecule has 4 nitrogen and oxygen atoms in total. The molecule has 1 aliphatic carbocycles. The highest BCUT2D eigenvalue weighted by Gasteiger charge is 2.32. The maximum Gasteiger partial charge on any atom is 0.165 e. The number of Topliss-reactive ketones (excluding diaryl/α,β-unsaturated/α-hetero) is 1. The van der Waals surface area contributed by atoms with Crippen LogP contribution in [0.3, 0.4) is 0 Å². The van der Waals surface area contributed by atoms with Gasteiger partial charge in [-0.1, -0.05) is 32.3 Å². The lowest BCUT2D eigenvalue weighted by molar-refractivity contribution is -0.118. The molecule has 0 radical (unpaired) electrons. The van der Waals surface area contributed by atoms with E-state index in [9.17, 15) is 4.79 Å². The average Bonchev–Trinajstić information content (AvgIpc) is 3.03. The number of aromatic nitrogens is 1. The Hall–Kier alpha value is -1.58. The van der Waals surface area contributed by atoms with E-state index in [0.29, 0.717) is 25.4 Å². The number of carbonyl (C=O) groups excluding carboxylic acids is 1. The highest BCUT2D eigenvalue weighted by atomic mass is 16.5. The zero-order valence-corrected chi connectivity index (χ0v) is 14.1. The van der Waals surface area contributed by atoms with Crippen molar-refractivity contribution < 1.29 is 14.1 Å². The van der Waals surface area contributed by atoms with Crippen molar-refractivity contribution >= 4 is 5.78 Å². The Labute approximate surface area is 132 Å². The van der Waals surface area contributed by atoms with Gasteiger partial charge in [0.2, 0.25) is 0 Å². The number of carbonyl (C=O) groups is 1. The predicted octanol–water partition coefficient (Wildman–Crippen LogP) is 4.10. The molecule has 0 saturated carbocycles. The third-order valence-electron chi connectivity index (χ3n) is 4.02. The zero-order valence-electron chi connectivity index (χ0n) is 14.1. The second-order valence-electron chi connectivity index (χ2n) is 6.61. The Balaban J connectivity index is 1.92. The van der Waals surface area contributed by atoms with Crippen LogP contribution >= 0.6 is 0 Å². The lowest BCUT2D eigenvalue weighted by Gasteiger charge is -2.10. The summed E-state index contributed by atoms with van der Waals surface area (Å²) in [5.41, 5.74) is 1.76. The number of rotatable bonds is 8. The first-order chi connectivity index (χ1) is 10.5. The Kier molecular flexibility index (Phi) is 5.81. The molecule has 0 fully saturated rings. The fourth-order valence-corrected chi connectivity index (χ4v) is 2.68. The van der Waals surface area contributed by atoms with E-state index in [1.54, 1.807) is 0 Å². The van der Waals surface area contributed by atoms with Gasteiger partial charge >= 0.3 is 0 Å². The normalized spacial score (nSPS) is 18.6. The minimum atomic E-state index is -0.0610. The number of aryl methyl sites for hydroxylation is 1. The third kappa shape index (κ3) is 4.21. The van der Waals surface area contributed by atoms with Crippen LogP contribution in [0, 0.1) is 11.8 Å². The molecule has 4 heteroatoms. The summed E-state index contributed by atoms with van der Waals surface area (Å²) in [6.45, 7) is 8.90.